The number of nitrogens with zero attached hydrogens (tertiary/aromatic N) is 1. The Morgan fingerprint density at radius 3 is 2.93 bits per heavy atom. The number of hydrogen-bond acceptors (Lipinski definition) is 4. The fraction of sp³-hybridized carbons (Fsp3) is 0.545. The van der Waals surface area contributed by atoms with Gasteiger partial charge < -0.3 is 5.43 Å². The van der Waals surface area contributed by atoms with Crippen molar-refractivity contribution in [3.8, 4) is 0 Å². The average molecular weight is 223 g/mol. The molecule has 0 amide bonds. The molecule has 1 aliphatic carbocycles. The number of rotatable bonds is 4. The third kappa shape index (κ3) is 3.11. The summed E-state index contributed by atoms with van der Waals surface area (Å²) in [7, 11) is 0. The molecular formula is C11H17N3S. The summed E-state index contributed by atoms with van der Waals surface area (Å²) in [5, 5.41) is 1.07. The Labute approximate surface area is 94.8 Å². The van der Waals surface area contributed by atoms with E-state index in [1.54, 1.807) is 0 Å². The zero-order valence-corrected chi connectivity index (χ0v) is 9.59. The Hall–Kier alpha value is -0.740. The molecule has 0 bridgehead atoms. The van der Waals surface area contributed by atoms with E-state index < -0.39 is 0 Å². The lowest BCUT2D eigenvalue weighted by atomic mass is 10.1. The summed E-state index contributed by atoms with van der Waals surface area (Å²) in [6, 6.07) is 5.90. The summed E-state index contributed by atoms with van der Waals surface area (Å²) >= 11 is 1.84. The van der Waals surface area contributed by atoms with Gasteiger partial charge in [0.15, 0.2) is 0 Å². The lowest BCUT2D eigenvalue weighted by molar-refractivity contribution is 0.623. The highest BCUT2D eigenvalue weighted by atomic mass is 32.2. The lowest BCUT2D eigenvalue weighted by Crippen LogP contribution is -2.08. The van der Waals surface area contributed by atoms with Crippen LogP contribution in [0.15, 0.2) is 23.2 Å². The van der Waals surface area contributed by atoms with E-state index in [0.717, 1.165) is 16.8 Å². The van der Waals surface area contributed by atoms with Gasteiger partial charge in [0, 0.05) is 5.75 Å². The molecular weight excluding hydrogens is 206 g/mol. The molecule has 3 nitrogen and oxygen atoms in total. The first-order chi connectivity index (χ1) is 7.38. The van der Waals surface area contributed by atoms with E-state index in [1.807, 2.05) is 30.0 Å². The van der Waals surface area contributed by atoms with Gasteiger partial charge in [-0.05, 0) is 30.9 Å². The Morgan fingerprint density at radius 2 is 2.20 bits per heavy atom. The van der Waals surface area contributed by atoms with Gasteiger partial charge in [-0.1, -0.05) is 18.9 Å². The normalized spacial score (nSPS) is 16.9. The molecule has 0 atom stereocenters. The van der Waals surface area contributed by atoms with Gasteiger partial charge >= 0.3 is 0 Å². The van der Waals surface area contributed by atoms with Crippen LogP contribution in [0.25, 0.3) is 0 Å². The second-order valence-corrected chi connectivity index (χ2v) is 5.01. The van der Waals surface area contributed by atoms with Crippen molar-refractivity contribution in [3.63, 3.8) is 0 Å². The Balaban J connectivity index is 1.86. The van der Waals surface area contributed by atoms with Gasteiger partial charge in [0.1, 0.15) is 5.82 Å². The standard InChI is InChI=1S/C11H17N3S/c12-14-10-6-3-7-11(13-10)15-8-9-4-1-2-5-9/h3,6-7,9H,1-2,4-5,8,12H2,(H,13,14). The monoisotopic (exact) mass is 223 g/mol. The number of thioether (sulfide) groups is 1. The molecule has 0 aromatic carbocycles. The van der Waals surface area contributed by atoms with Crippen molar-refractivity contribution < 1.29 is 0 Å². The van der Waals surface area contributed by atoms with Crippen LogP contribution in [0, 0.1) is 5.92 Å². The van der Waals surface area contributed by atoms with Crippen LogP contribution in [0.5, 0.6) is 0 Å². The molecule has 15 heavy (non-hydrogen) atoms. The van der Waals surface area contributed by atoms with Gasteiger partial charge in [-0.3, -0.25) is 0 Å². The molecule has 0 radical (unpaired) electrons. The van der Waals surface area contributed by atoms with E-state index in [0.29, 0.717) is 0 Å². The van der Waals surface area contributed by atoms with E-state index in [9.17, 15) is 0 Å². The first kappa shape index (κ1) is 10.8. The van der Waals surface area contributed by atoms with Gasteiger partial charge in [-0.25, -0.2) is 10.8 Å². The van der Waals surface area contributed by atoms with Crippen molar-refractivity contribution in [1.29, 1.82) is 0 Å². The molecule has 1 aromatic heterocycles. The molecule has 1 aromatic rings. The first-order valence-corrected chi connectivity index (χ1v) is 6.43. The molecule has 2 rings (SSSR count). The van der Waals surface area contributed by atoms with Crippen molar-refractivity contribution in [2.24, 2.45) is 11.8 Å². The Morgan fingerprint density at radius 1 is 1.40 bits per heavy atom. The number of aromatic nitrogens is 1. The smallest absolute Gasteiger partial charge is 0.141 e. The SMILES string of the molecule is NNc1cccc(SCC2CCCC2)n1. The number of nitrogen functional groups attached to an aromatic ring is 1. The quantitative estimate of drug-likeness (QED) is 0.468. The maximum Gasteiger partial charge on any atom is 0.141 e. The molecule has 1 aliphatic rings. The fourth-order valence-corrected chi connectivity index (χ4v) is 3.03. The Kier molecular flexibility index (Phi) is 3.86. The van der Waals surface area contributed by atoms with Crippen molar-refractivity contribution in [1.82, 2.24) is 4.98 Å². The van der Waals surface area contributed by atoms with E-state index in [2.05, 4.69) is 10.4 Å². The van der Waals surface area contributed by atoms with Crippen LogP contribution in [0.1, 0.15) is 25.7 Å². The third-order valence-corrected chi connectivity index (χ3v) is 3.97. The molecule has 3 N–H and O–H groups in total. The highest BCUT2D eigenvalue weighted by Gasteiger charge is 2.15. The highest BCUT2D eigenvalue weighted by molar-refractivity contribution is 7.99. The van der Waals surface area contributed by atoms with Crippen molar-refractivity contribution >= 4 is 17.6 Å². The summed E-state index contributed by atoms with van der Waals surface area (Å²) < 4.78 is 0. The predicted octanol–water partition coefficient (Wildman–Crippen LogP) is 2.65. The van der Waals surface area contributed by atoms with E-state index >= 15 is 0 Å². The maximum atomic E-state index is 5.32. The van der Waals surface area contributed by atoms with Crippen LogP contribution in [-0.4, -0.2) is 10.7 Å². The fourth-order valence-electron chi connectivity index (χ4n) is 1.96. The summed E-state index contributed by atoms with van der Waals surface area (Å²) in [5.41, 5.74) is 2.57. The lowest BCUT2D eigenvalue weighted by Gasteiger charge is -2.08. The summed E-state index contributed by atoms with van der Waals surface area (Å²) in [5.74, 6) is 8.15. The average Bonchev–Trinajstić information content (AvgIpc) is 2.79. The van der Waals surface area contributed by atoms with E-state index in [1.165, 1.54) is 31.4 Å². The van der Waals surface area contributed by atoms with Crippen LogP contribution in [-0.2, 0) is 0 Å². The van der Waals surface area contributed by atoms with Crippen molar-refractivity contribution in [2.75, 3.05) is 11.2 Å². The van der Waals surface area contributed by atoms with Crippen molar-refractivity contribution in [3.05, 3.63) is 18.2 Å². The summed E-state index contributed by atoms with van der Waals surface area (Å²) in [6.45, 7) is 0. The van der Waals surface area contributed by atoms with Crippen LogP contribution in [0.2, 0.25) is 0 Å². The minimum Gasteiger partial charge on any atom is -0.308 e. The maximum absolute atomic E-state index is 5.32. The molecule has 0 aliphatic heterocycles. The number of pyridine rings is 1. The molecule has 1 fully saturated rings. The second-order valence-electron chi connectivity index (χ2n) is 3.97. The second kappa shape index (κ2) is 5.37. The molecule has 0 unspecified atom stereocenters. The number of nitrogens with two attached hydrogens (primary N) is 1. The number of nitrogens with one attached hydrogen (secondary N) is 1. The van der Waals surface area contributed by atoms with Gasteiger partial charge in [-0.2, -0.15) is 0 Å². The highest BCUT2D eigenvalue weighted by Crippen LogP contribution is 2.30. The van der Waals surface area contributed by atoms with Crippen molar-refractivity contribution in [2.45, 2.75) is 30.7 Å². The molecule has 1 heterocycles. The van der Waals surface area contributed by atoms with E-state index in [-0.39, 0.29) is 0 Å². The Bertz CT molecular complexity index is 310. The van der Waals surface area contributed by atoms with Gasteiger partial charge in [0.25, 0.3) is 0 Å². The predicted molar refractivity (Wildman–Crippen MR) is 64.7 cm³/mol. The van der Waals surface area contributed by atoms with Crippen LogP contribution in [0.3, 0.4) is 0 Å². The number of anilines is 1. The molecule has 1 saturated carbocycles. The topological polar surface area (TPSA) is 50.9 Å². The molecule has 82 valence electrons. The van der Waals surface area contributed by atoms with Gasteiger partial charge in [-0.15, -0.1) is 11.8 Å². The first-order valence-electron chi connectivity index (χ1n) is 5.45. The molecule has 0 spiro atoms. The summed E-state index contributed by atoms with van der Waals surface area (Å²) in [4.78, 5) is 4.38. The van der Waals surface area contributed by atoms with Crippen LogP contribution in [0.4, 0.5) is 5.82 Å². The zero-order valence-electron chi connectivity index (χ0n) is 8.78. The van der Waals surface area contributed by atoms with Gasteiger partial charge in [0.05, 0.1) is 5.03 Å². The minimum absolute atomic E-state index is 0.742. The number of hydrazine groups is 1. The minimum atomic E-state index is 0.742. The van der Waals surface area contributed by atoms with Crippen LogP contribution >= 0.6 is 11.8 Å². The third-order valence-electron chi connectivity index (χ3n) is 2.81. The zero-order chi connectivity index (χ0) is 10.5. The molecule has 4 heteroatoms. The molecule has 0 saturated heterocycles. The van der Waals surface area contributed by atoms with Gasteiger partial charge in [0.2, 0.25) is 0 Å². The van der Waals surface area contributed by atoms with E-state index in [4.69, 9.17) is 5.84 Å². The summed E-state index contributed by atoms with van der Waals surface area (Å²) in [6.07, 6.45) is 5.59. The largest absolute Gasteiger partial charge is 0.308 e. The van der Waals surface area contributed by atoms with Crippen LogP contribution < -0.4 is 11.3 Å². The number of hydrogen-bond donors (Lipinski definition) is 2.